The number of benzene rings is 1. The van der Waals surface area contributed by atoms with Crippen molar-refractivity contribution in [3.63, 3.8) is 0 Å². The highest BCUT2D eigenvalue weighted by molar-refractivity contribution is 7.89. The van der Waals surface area contributed by atoms with Crippen LogP contribution in [0.3, 0.4) is 0 Å². The van der Waals surface area contributed by atoms with Gasteiger partial charge in [-0.05, 0) is 19.1 Å². The molecule has 1 aromatic heterocycles. The van der Waals surface area contributed by atoms with Gasteiger partial charge in [-0.15, -0.1) is 0 Å². The average Bonchev–Trinajstić information content (AvgIpc) is 2.82. The highest BCUT2D eigenvalue weighted by Gasteiger charge is 2.18. The van der Waals surface area contributed by atoms with Crippen LogP contribution in [0.4, 0.5) is 0 Å². The quantitative estimate of drug-likeness (QED) is 0.870. The van der Waals surface area contributed by atoms with E-state index in [0.717, 1.165) is 0 Å². The third kappa shape index (κ3) is 3.40. The molecule has 0 bridgehead atoms. The highest BCUT2D eigenvalue weighted by Crippen LogP contribution is 2.29. The van der Waals surface area contributed by atoms with Gasteiger partial charge < -0.3 is 13.9 Å². The number of sulfonamides is 1. The topological polar surface area (TPSA) is 90.7 Å². The molecule has 1 heterocycles. The molecular weight excluding hydrogens is 308 g/mol. The first kappa shape index (κ1) is 16.3. The number of oxazole rings is 1. The first-order valence-electron chi connectivity index (χ1n) is 6.52. The van der Waals surface area contributed by atoms with Gasteiger partial charge in [0.05, 0.1) is 31.4 Å². The maximum absolute atomic E-state index is 12.3. The zero-order valence-electron chi connectivity index (χ0n) is 12.8. The van der Waals surface area contributed by atoms with Crippen LogP contribution < -0.4 is 14.2 Å². The Kier molecular flexibility index (Phi) is 4.72. The fraction of sp³-hybridized carbons (Fsp3) is 0.357. The van der Waals surface area contributed by atoms with Crippen LogP contribution in [0, 0.1) is 13.8 Å². The van der Waals surface area contributed by atoms with E-state index in [9.17, 15) is 8.42 Å². The molecule has 0 saturated heterocycles. The van der Waals surface area contributed by atoms with Gasteiger partial charge in [0.15, 0.2) is 17.4 Å². The van der Waals surface area contributed by atoms with Gasteiger partial charge in [-0.25, -0.2) is 18.1 Å². The van der Waals surface area contributed by atoms with E-state index < -0.39 is 10.0 Å². The second kappa shape index (κ2) is 6.37. The normalized spacial score (nSPS) is 11.5. The van der Waals surface area contributed by atoms with Gasteiger partial charge in [0.1, 0.15) is 5.76 Å². The lowest BCUT2D eigenvalue weighted by Crippen LogP contribution is -2.23. The third-order valence-electron chi connectivity index (χ3n) is 3.09. The van der Waals surface area contributed by atoms with Crippen LogP contribution in [0.25, 0.3) is 0 Å². The van der Waals surface area contributed by atoms with Gasteiger partial charge in [0, 0.05) is 13.0 Å². The highest BCUT2D eigenvalue weighted by atomic mass is 32.2. The predicted molar refractivity (Wildman–Crippen MR) is 79.5 cm³/mol. The first-order valence-corrected chi connectivity index (χ1v) is 8.00. The van der Waals surface area contributed by atoms with Gasteiger partial charge in [-0.2, -0.15) is 0 Å². The molecule has 22 heavy (non-hydrogen) atoms. The summed E-state index contributed by atoms with van der Waals surface area (Å²) in [6, 6.07) is 4.39. The van der Waals surface area contributed by atoms with E-state index in [2.05, 4.69) is 9.71 Å². The lowest BCUT2D eigenvalue weighted by molar-refractivity contribution is 0.354. The molecule has 0 unspecified atom stereocenters. The minimum absolute atomic E-state index is 0.0311. The SMILES string of the molecule is COc1ccc(S(=O)(=O)NCc2oc(C)nc2C)cc1OC. The molecule has 120 valence electrons. The summed E-state index contributed by atoms with van der Waals surface area (Å²) in [6.45, 7) is 3.50. The monoisotopic (exact) mass is 326 g/mol. The molecule has 0 aliphatic heterocycles. The maximum atomic E-state index is 12.3. The molecular formula is C14H18N2O5S. The number of aromatic nitrogens is 1. The molecule has 2 rings (SSSR count). The molecule has 7 nitrogen and oxygen atoms in total. The van der Waals surface area contributed by atoms with Crippen molar-refractivity contribution >= 4 is 10.0 Å². The van der Waals surface area contributed by atoms with Crippen LogP contribution in [0.5, 0.6) is 11.5 Å². The van der Waals surface area contributed by atoms with Crippen molar-refractivity contribution in [1.82, 2.24) is 9.71 Å². The van der Waals surface area contributed by atoms with Crippen molar-refractivity contribution in [1.29, 1.82) is 0 Å². The molecule has 0 fully saturated rings. The number of rotatable bonds is 6. The summed E-state index contributed by atoms with van der Waals surface area (Å²) >= 11 is 0. The lowest BCUT2D eigenvalue weighted by atomic mass is 10.3. The van der Waals surface area contributed by atoms with Crippen LogP contribution in [0.1, 0.15) is 17.3 Å². The second-order valence-corrected chi connectivity index (χ2v) is 6.35. The zero-order valence-corrected chi connectivity index (χ0v) is 13.7. The molecule has 0 spiro atoms. The van der Waals surface area contributed by atoms with Crippen LogP contribution in [-0.2, 0) is 16.6 Å². The summed E-state index contributed by atoms with van der Waals surface area (Å²) in [5, 5.41) is 0. The number of methoxy groups -OCH3 is 2. The number of ether oxygens (including phenoxy) is 2. The number of hydrogen-bond acceptors (Lipinski definition) is 6. The van der Waals surface area contributed by atoms with Crippen molar-refractivity contribution in [3.05, 3.63) is 35.5 Å². The van der Waals surface area contributed by atoms with E-state index in [1.165, 1.54) is 32.4 Å². The standard InChI is InChI=1S/C14H18N2O5S/c1-9-14(21-10(2)16-9)8-15-22(17,18)11-5-6-12(19-3)13(7-11)20-4/h5-7,15H,8H2,1-4H3. The third-order valence-corrected chi connectivity index (χ3v) is 4.49. The second-order valence-electron chi connectivity index (χ2n) is 4.58. The molecule has 0 amide bonds. The van der Waals surface area contributed by atoms with Crippen LogP contribution in [0.15, 0.2) is 27.5 Å². The van der Waals surface area contributed by atoms with Gasteiger partial charge in [0.2, 0.25) is 10.0 Å². The van der Waals surface area contributed by atoms with Gasteiger partial charge in [0.25, 0.3) is 0 Å². The minimum Gasteiger partial charge on any atom is -0.493 e. The van der Waals surface area contributed by atoms with Gasteiger partial charge in [-0.3, -0.25) is 0 Å². The number of nitrogens with zero attached hydrogens (tertiary/aromatic N) is 1. The Bertz CT molecular complexity index is 768. The van der Waals surface area contributed by atoms with Crippen LogP contribution in [0.2, 0.25) is 0 Å². The maximum Gasteiger partial charge on any atom is 0.241 e. The van der Waals surface area contributed by atoms with E-state index >= 15 is 0 Å². The molecule has 0 aliphatic rings. The molecule has 1 N–H and O–H groups in total. The molecule has 0 aliphatic carbocycles. The zero-order chi connectivity index (χ0) is 16.3. The Morgan fingerprint density at radius 3 is 2.41 bits per heavy atom. The fourth-order valence-electron chi connectivity index (χ4n) is 1.97. The van der Waals surface area contributed by atoms with Crippen molar-refractivity contribution in [2.75, 3.05) is 14.2 Å². The molecule has 0 saturated carbocycles. The van der Waals surface area contributed by atoms with Crippen molar-refractivity contribution in [2.45, 2.75) is 25.3 Å². The number of hydrogen-bond donors (Lipinski definition) is 1. The molecule has 2 aromatic rings. The summed E-state index contributed by atoms with van der Waals surface area (Å²) in [6.07, 6.45) is 0. The summed E-state index contributed by atoms with van der Waals surface area (Å²) in [4.78, 5) is 4.18. The van der Waals surface area contributed by atoms with E-state index in [1.54, 1.807) is 13.8 Å². The molecule has 0 atom stereocenters. The summed E-state index contributed by atoms with van der Waals surface area (Å²) in [5.74, 6) is 1.79. The van der Waals surface area contributed by atoms with Gasteiger partial charge in [-0.1, -0.05) is 0 Å². The van der Waals surface area contributed by atoms with Crippen molar-refractivity contribution < 1.29 is 22.3 Å². The van der Waals surface area contributed by atoms with Crippen molar-refractivity contribution in [3.8, 4) is 11.5 Å². The van der Waals surface area contributed by atoms with E-state index in [-0.39, 0.29) is 11.4 Å². The first-order chi connectivity index (χ1) is 10.4. The van der Waals surface area contributed by atoms with Crippen LogP contribution >= 0.6 is 0 Å². The van der Waals surface area contributed by atoms with Crippen LogP contribution in [-0.4, -0.2) is 27.6 Å². The van der Waals surface area contributed by atoms with E-state index in [4.69, 9.17) is 13.9 Å². The van der Waals surface area contributed by atoms with Crippen molar-refractivity contribution in [2.24, 2.45) is 0 Å². The molecule has 1 aromatic carbocycles. The summed E-state index contributed by atoms with van der Waals surface area (Å²) in [5.41, 5.74) is 0.660. The Labute approximate surface area is 129 Å². The number of aryl methyl sites for hydroxylation is 2. The summed E-state index contributed by atoms with van der Waals surface area (Å²) < 4.78 is 42.7. The molecule has 0 radical (unpaired) electrons. The lowest BCUT2D eigenvalue weighted by Gasteiger charge is -2.10. The fourth-order valence-corrected chi connectivity index (χ4v) is 2.96. The Morgan fingerprint density at radius 1 is 1.18 bits per heavy atom. The Balaban J connectivity index is 2.21. The minimum atomic E-state index is -3.70. The summed E-state index contributed by atoms with van der Waals surface area (Å²) in [7, 11) is -0.765. The van der Waals surface area contributed by atoms with Gasteiger partial charge >= 0.3 is 0 Å². The Hall–Kier alpha value is -2.06. The largest absolute Gasteiger partial charge is 0.493 e. The van der Waals surface area contributed by atoms with E-state index in [0.29, 0.717) is 28.8 Å². The Morgan fingerprint density at radius 2 is 1.86 bits per heavy atom. The number of nitrogens with one attached hydrogen (secondary N) is 1. The predicted octanol–water partition coefficient (Wildman–Crippen LogP) is 1.79. The smallest absolute Gasteiger partial charge is 0.241 e. The average molecular weight is 326 g/mol. The van der Waals surface area contributed by atoms with E-state index in [1.807, 2.05) is 0 Å². The molecule has 8 heteroatoms.